The van der Waals surface area contributed by atoms with Crippen molar-refractivity contribution in [2.45, 2.75) is 58.9 Å². The number of unbranched alkanes of at least 4 members (excludes halogenated alkanes) is 1. The van der Waals surface area contributed by atoms with Crippen molar-refractivity contribution in [2.75, 3.05) is 13.1 Å². The highest BCUT2D eigenvalue weighted by atomic mass is 16.2. The molecule has 1 aliphatic rings. The zero-order chi connectivity index (χ0) is 13.5. The fourth-order valence-electron chi connectivity index (χ4n) is 2.13. The molecule has 1 saturated heterocycles. The summed E-state index contributed by atoms with van der Waals surface area (Å²) in [5, 5.41) is 3.04. The van der Waals surface area contributed by atoms with Crippen molar-refractivity contribution in [3.8, 4) is 0 Å². The highest BCUT2D eigenvalue weighted by molar-refractivity contribution is 5.78. The second kappa shape index (κ2) is 7.39. The maximum absolute atomic E-state index is 11.8. The lowest BCUT2D eigenvalue weighted by molar-refractivity contribution is -0.132. The number of hydrogen-bond acceptors (Lipinski definition) is 2. The molecule has 4 nitrogen and oxygen atoms in total. The topological polar surface area (TPSA) is 49.4 Å². The van der Waals surface area contributed by atoms with Gasteiger partial charge < -0.3 is 10.2 Å². The van der Waals surface area contributed by atoms with Gasteiger partial charge in [0.25, 0.3) is 0 Å². The van der Waals surface area contributed by atoms with Crippen molar-refractivity contribution in [2.24, 2.45) is 5.92 Å². The smallest absolute Gasteiger partial charge is 0.222 e. The SMILES string of the molecule is CCCCC(=O)N1CCC(NC(=O)C(C)C)CC1. The van der Waals surface area contributed by atoms with E-state index in [2.05, 4.69) is 12.2 Å². The van der Waals surface area contributed by atoms with Gasteiger partial charge in [0.05, 0.1) is 0 Å². The Balaban J connectivity index is 2.28. The first-order chi connectivity index (χ1) is 8.54. The average Bonchev–Trinajstić information content (AvgIpc) is 2.36. The molecule has 1 fully saturated rings. The number of rotatable bonds is 5. The Hall–Kier alpha value is -1.06. The minimum atomic E-state index is 0.0363. The van der Waals surface area contributed by atoms with Crippen LogP contribution in [0, 0.1) is 5.92 Å². The fourth-order valence-corrected chi connectivity index (χ4v) is 2.13. The van der Waals surface area contributed by atoms with E-state index in [1.54, 1.807) is 0 Å². The second-order valence-corrected chi connectivity index (χ2v) is 5.42. The summed E-state index contributed by atoms with van der Waals surface area (Å²) in [5.74, 6) is 0.422. The highest BCUT2D eigenvalue weighted by Gasteiger charge is 2.23. The lowest BCUT2D eigenvalue weighted by atomic mass is 10.0. The molecule has 104 valence electrons. The molecule has 1 aliphatic heterocycles. The Morgan fingerprint density at radius 2 is 1.89 bits per heavy atom. The predicted octanol–water partition coefficient (Wildman–Crippen LogP) is 1.94. The number of carbonyl (C=O) groups is 2. The number of nitrogens with zero attached hydrogens (tertiary/aromatic N) is 1. The Bertz CT molecular complexity index is 282. The first-order valence-electron chi connectivity index (χ1n) is 7.12. The molecule has 0 radical (unpaired) electrons. The van der Waals surface area contributed by atoms with Gasteiger partial charge >= 0.3 is 0 Å². The molecular weight excluding hydrogens is 228 g/mol. The van der Waals surface area contributed by atoms with E-state index in [1.165, 1.54) is 0 Å². The summed E-state index contributed by atoms with van der Waals surface area (Å²) in [6, 6.07) is 0.245. The maximum Gasteiger partial charge on any atom is 0.222 e. The molecule has 0 bridgehead atoms. The van der Waals surface area contributed by atoms with Crippen LogP contribution >= 0.6 is 0 Å². The summed E-state index contributed by atoms with van der Waals surface area (Å²) in [4.78, 5) is 25.3. The van der Waals surface area contributed by atoms with Crippen LogP contribution in [0.1, 0.15) is 52.9 Å². The summed E-state index contributed by atoms with van der Waals surface area (Å²) in [6.45, 7) is 7.47. The van der Waals surface area contributed by atoms with Crippen LogP contribution in [-0.4, -0.2) is 35.8 Å². The molecule has 1 N–H and O–H groups in total. The lowest BCUT2D eigenvalue weighted by Gasteiger charge is -2.32. The van der Waals surface area contributed by atoms with Crippen LogP contribution in [0.4, 0.5) is 0 Å². The molecule has 1 rings (SSSR count). The van der Waals surface area contributed by atoms with Crippen molar-refractivity contribution < 1.29 is 9.59 Å². The van der Waals surface area contributed by atoms with Gasteiger partial charge in [0.2, 0.25) is 11.8 Å². The number of piperidine rings is 1. The second-order valence-electron chi connectivity index (χ2n) is 5.42. The Labute approximate surface area is 110 Å². The lowest BCUT2D eigenvalue weighted by Crippen LogP contribution is -2.47. The van der Waals surface area contributed by atoms with E-state index in [9.17, 15) is 9.59 Å². The number of carbonyl (C=O) groups excluding carboxylic acids is 2. The normalized spacial score (nSPS) is 17.0. The van der Waals surface area contributed by atoms with Crippen LogP contribution in [0.15, 0.2) is 0 Å². The monoisotopic (exact) mass is 254 g/mol. The minimum absolute atomic E-state index is 0.0363. The average molecular weight is 254 g/mol. The van der Waals surface area contributed by atoms with Gasteiger partial charge in [-0.2, -0.15) is 0 Å². The van der Waals surface area contributed by atoms with Crippen molar-refractivity contribution in [3.63, 3.8) is 0 Å². The van der Waals surface area contributed by atoms with Gasteiger partial charge in [0, 0.05) is 31.5 Å². The van der Waals surface area contributed by atoms with Gasteiger partial charge in [-0.15, -0.1) is 0 Å². The molecule has 4 heteroatoms. The molecule has 0 aromatic rings. The highest BCUT2D eigenvalue weighted by Crippen LogP contribution is 2.13. The van der Waals surface area contributed by atoms with Crippen LogP contribution in [0.25, 0.3) is 0 Å². The molecule has 0 aromatic heterocycles. The molecule has 2 amide bonds. The number of hydrogen-bond donors (Lipinski definition) is 1. The largest absolute Gasteiger partial charge is 0.353 e. The standard InChI is InChI=1S/C14H26N2O2/c1-4-5-6-13(17)16-9-7-12(8-10-16)15-14(18)11(2)3/h11-12H,4-10H2,1-3H3,(H,15,18). The maximum atomic E-state index is 11.8. The van der Waals surface area contributed by atoms with Crippen molar-refractivity contribution in [1.29, 1.82) is 0 Å². The Kier molecular flexibility index (Phi) is 6.16. The molecule has 18 heavy (non-hydrogen) atoms. The Morgan fingerprint density at radius 1 is 1.28 bits per heavy atom. The van der Waals surface area contributed by atoms with Gasteiger partial charge in [-0.1, -0.05) is 27.2 Å². The van der Waals surface area contributed by atoms with Gasteiger partial charge in [0.1, 0.15) is 0 Å². The van der Waals surface area contributed by atoms with Crippen molar-refractivity contribution in [1.82, 2.24) is 10.2 Å². The first-order valence-corrected chi connectivity index (χ1v) is 7.12. The van der Waals surface area contributed by atoms with E-state index < -0.39 is 0 Å². The molecule has 0 aliphatic carbocycles. The zero-order valence-corrected chi connectivity index (χ0v) is 11.9. The minimum Gasteiger partial charge on any atom is -0.353 e. The van der Waals surface area contributed by atoms with Crippen molar-refractivity contribution >= 4 is 11.8 Å². The van der Waals surface area contributed by atoms with E-state index in [1.807, 2.05) is 18.7 Å². The molecule has 1 heterocycles. The Morgan fingerprint density at radius 3 is 2.39 bits per heavy atom. The van der Waals surface area contributed by atoms with Crippen LogP contribution in [0.3, 0.4) is 0 Å². The fraction of sp³-hybridized carbons (Fsp3) is 0.857. The third kappa shape index (κ3) is 4.67. The predicted molar refractivity (Wildman–Crippen MR) is 72.1 cm³/mol. The summed E-state index contributed by atoms with van der Waals surface area (Å²) in [7, 11) is 0. The summed E-state index contributed by atoms with van der Waals surface area (Å²) in [5.41, 5.74) is 0. The zero-order valence-electron chi connectivity index (χ0n) is 11.9. The number of amides is 2. The molecule has 0 spiro atoms. The number of likely N-dealkylation sites (tertiary alicyclic amines) is 1. The van der Waals surface area contributed by atoms with Gasteiger partial charge in [-0.3, -0.25) is 9.59 Å². The first kappa shape index (κ1) is 15.0. The molecule has 0 saturated carbocycles. The van der Waals surface area contributed by atoms with E-state index in [0.717, 1.165) is 38.8 Å². The third-order valence-electron chi connectivity index (χ3n) is 3.46. The van der Waals surface area contributed by atoms with E-state index >= 15 is 0 Å². The molecule has 0 atom stereocenters. The quantitative estimate of drug-likeness (QED) is 0.815. The third-order valence-corrected chi connectivity index (χ3v) is 3.46. The van der Waals surface area contributed by atoms with E-state index in [-0.39, 0.29) is 23.8 Å². The van der Waals surface area contributed by atoms with Crippen LogP contribution in [0.2, 0.25) is 0 Å². The van der Waals surface area contributed by atoms with Crippen LogP contribution < -0.4 is 5.32 Å². The van der Waals surface area contributed by atoms with Gasteiger partial charge in [0.15, 0.2) is 0 Å². The molecule has 0 aromatic carbocycles. The van der Waals surface area contributed by atoms with E-state index in [0.29, 0.717) is 6.42 Å². The van der Waals surface area contributed by atoms with Crippen LogP contribution in [0.5, 0.6) is 0 Å². The van der Waals surface area contributed by atoms with Gasteiger partial charge in [-0.25, -0.2) is 0 Å². The van der Waals surface area contributed by atoms with Crippen LogP contribution in [-0.2, 0) is 9.59 Å². The summed E-state index contributed by atoms with van der Waals surface area (Å²) >= 11 is 0. The molecule has 0 unspecified atom stereocenters. The summed E-state index contributed by atoms with van der Waals surface area (Å²) < 4.78 is 0. The van der Waals surface area contributed by atoms with E-state index in [4.69, 9.17) is 0 Å². The van der Waals surface area contributed by atoms with Gasteiger partial charge in [-0.05, 0) is 19.3 Å². The number of nitrogens with one attached hydrogen (secondary N) is 1. The molecular formula is C14H26N2O2. The van der Waals surface area contributed by atoms with Crippen molar-refractivity contribution in [3.05, 3.63) is 0 Å². The summed E-state index contributed by atoms with van der Waals surface area (Å²) in [6.07, 6.45) is 4.47.